The minimum atomic E-state index is -0.922. The predicted octanol–water partition coefficient (Wildman–Crippen LogP) is 2.74. The number of carboxylic acid groups (broad SMARTS) is 1. The molecule has 110 valence electrons. The van der Waals surface area contributed by atoms with E-state index in [1.54, 1.807) is 24.3 Å². The van der Waals surface area contributed by atoms with Gasteiger partial charge < -0.3 is 9.84 Å². The van der Waals surface area contributed by atoms with Crippen LogP contribution in [0.25, 0.3) is 0 Å². The molecule has 1 aromatic carbocycles. The fraction of sp³-hybridized carbons (Fsp3) is 0.562. The van der Waals surface area contributed by atoms with Gasteiger partial charge in [-0.05, 0) is 36.5 Å². The maximum absolute atomic E-state index is 10.9. The Balaban J connectivity index is 1.81. The minimum absolute atomic E-state index is 0.266. The van der Waals surface area contributed by atoms with Crippen LogP contribution in [0.5, 0.6) is 5.75 Å². The van der Waals surface area contributed by atoms with Crippen molar-refractivity contribution < 1.29 is 14.6 Å². The minimum Gasteiger partial charge on any atom is -0.492 e. The highest BCUT2D eigenvalue weighted by Crippen LogP contribution is 2.20. The molecule has 2 rings (SSSR count). The zero-order valence-corrected chi connectivity index (χ0v) is 12.2. The van der Waals surface area contributed by atoms with Gasteiger partial charge in [-0.2, -0.15) is 0 Å². The van der Waals surface area contributed by atoms with Crippen LogP contribution in [0.3, 0.4) is 0 Å². The number of benzene rings is 1. The second-order valence-electron chi connectivity index (χ2n) is 5.89. The Hall–Kier alpha value is -1.55. The van der Waals surface area contributed by atoms with Gasteiger partial charge in [-0.3, -0.25) is 4.90 Å². The highest BCUT2D eigenvalue weighted by atomic mass is 16.5. The van der Waals surface area contributed by atoms with Gasteiger partial charge in [-0.25, -0.2) is 4.79 Å². The standard InChI is InChI=1S/C16H23NO3/c1-12-8-13(2)11-17(10-12)6-7-20-15-5-3-4-14(9-15)16(18)19/h3-5,9,12-13H,6-8,10-11H2,1-2H3,(H,18,19). The number of hydrogen-bond donors (Lipinski definition) is 1. The van der Waals surface area contributed by atoms with E-state index in [1.165, 1.54) is 6.42 Å². The summed E-state index contributed by atoms with van der Waals surface area (Å²) in [6.45, 7) is 8.33. The maximum atomic E-state index is 10.9. The molecule has 4 heteroatoms. The van der Waals surface area contributed by atoms with Crippen LogP contribution in [0, 0.1) is 11.8 Å². The van der Waals surface area contributed by atoms with Gasteiger partial charge in [0.2, 0.25) is 0 Å². The van der Waals surface area contributed by atoms with Crippen molar-refractivity contribution in [2.24, 2.45) is 11.8 Å². The van der Waals surface area contributed by atoms with Crippen LogP contribution in [0.4, 0.5) is 0 Å². The van der Waals surface area contributed by atoms with Gasteiger partial charge in [0.25, 0.3) is 0 Å². The lowest BCUT2D eigenvalue weighted by Crippen LogP contribution is -2.40. The van der Waals surface area contributed by atoms with Crippen molar-refractivity contribution in [2.75, 3.05) is 26.2 Å². The number of hydrogen-bond acceptors (Lipinski definition) is 3. The lowest BCUT2D eigenvalue weighted by atomic mass is 9.92. The SMILES string of the molecule is CC1CC(C)CN(CCOc2cccc(C(=O)O)c2)C1. The molecule has 0 amide bonds. The molecule has 1 heterocycles. The molecule has 0 aliphatic carbocycles. The number of carboxylic acids is 1. The lowest BCUT2D eigenvalue weighted by Gasteiger charge is -2.34. The van der Waals surface area contributed by atoms with E-state index in [0.29, 0.717) is 12.4 Å². The molecule has 0 saturated carbocycles. The molecular formula is C16H23NO3. The summed E-state index contributed by atoms with van der Waals surface area (Å²) in [7, 11) is 0. The van der Waals surface area contributed by atoms with Crippen LogP contribution in [0.15, 0.2) is 24.3 Å². The second-order valence-corrected chi connectivity index (χ2v) is 5.89. The molecule has 2 atom stereocenters. The monoisotopic (exact) mass is 277 g/mol. The normalized spacial score (nSPS) is 23.5. The fourth-order valence-corrected chi connectivity index (χ4v) is 2.99. The van der Waals surface area contributed by atoms with Crippen molar-refractivity contribution in [1.29, 1.82) is 0 Å². The second kappa shape index (κ2) is 6.75. The third-order valence-corrected chi connectivity index (χ3v) is 3.70. The molecule has 1 saturated heterocycles. The van der Waals surface area contributed by atoms with E-state index in [4.69, 9.17) is 9.84 Å². The Morgan fingerprint density at radius 3 is 2.70 bits per heavy atom. The van der Waals surface area contributed by atoms with Gasteiger partial charge in [0.15, 0.2) is 0 Å². The van der Waals surface area contributed by atoms with E-state index in [2.05, 4.69) is 18.7 Å². The Morgan fingerprint density at radius 2 is 2.05 bits per heavy atom. The number of aromatic carboxylic acids is 1. The zero-order valence-electron chi connectivity index (χ0n) is 12.2. The predicted molar refractivity (Wildman–Crippen MR) is 78.3 cm³/mol. The molecule has 1 aliphatic rings. The van der Waals surface area contributed by atoms with Crippen molar-refractivity contribution in [3.8, 4) is 5.75 Å². The first kappa shape index (κ1) is 14.9. The first-order valence-electron chi connectivity index (χ1n) is 7.23. The number of ether oxygens (including phenoxy) is 1. The Kier molecular flexibility index (Phi) is 5.01. The van der Waals surface area contributed by atoms with Gasteiger partial charge in [0, 0.05) is 19.6 Å². The van der Waals surface area contributed by atoms with E-state index in [9.17, 15) is 4.79 Å². The summed E-state index contributed by atoms with van der Waals surface area (Å²) in [6, 6.07) is 6.66. The largest absolute Gasteiger partial charge is 0.492 e. The summed E-state index contributed by atoms with van der Waals surface area (Å²) in [5, 5.41) is 8.93. The van der Waals surface area contributed by atoms with Gasteiger partial charge in [-0.15, -0.1) is 0 Å². The summed E-state index contributed by atoms with van der Waals surface area (Å²) < 4.78 is 5.67. The van der Waals surface area contributed by atoms with Crippen LogP contribution < -0.4 is 4.74 Å². The summed E-state index contributed by atoms with van der Waals surface area (Å²) in [5.74, 6) is 1.19. The number of rotatable bonds is 5. The van der Waals surface area contributed by atoms with Crippen molar-refractivity contribution in [1.82, 2.24) is 4.90 Å². The first-order chi connectivity index (χ1) is 9.54. The third kappa shape index (κ3) is 4.23. The molecule has 2 unspecified atom stereocenters. The van der Waals surface area contributed by atoms with Crippen LogP contribution in [0.2, 0.25) is 0 Å². The molecular weight excluding hydrogens is 254 g/mol. The zero-order chi connectivity index (χ0) is 14.5. The molecule has 1 aliphatic heterocycles. The molecule has 1 fully saturated rings. The van der Waals surface area contributed by atoms with Gasteiger partial charge in [-0.1, -0.05) is 19.9 Å². The molecule has 0 radical (unpaired) electrons. The smallest absolute Gasteiger partial charge is 0.335 e. The summed E-state index contributed by atoms with van der Waals surface area (Å²) >= 11 is 0. The van der Waals surface area contributed by atoms with E-state index in [1.807, 2.05) is 0 Å². The molecule has 4 nitrogen and oxygen atoms in total. The molecule has 1 aromatic rings. The average molecular weight is 277 g/mol. The van der Waals surface area contributed by atoms with Crippen molar-refractivity contribution in [3.63, 3.8) is 0 Å². The van der Waals surface area contributed by atoms with Gasteiger partial charge >= 0.3 is 5.97 Å². The quantitative estimate of drug-likeness (QED) is 0.899. The average Bonchev–Trinajstić information content (AvgIpc) is 2.38. The number of piperidine rings is 1. The van der Waals surface area contributed by atoms with Crippen molar-refractivity contribution in [3.05, 3.63) is 29.8 Å². The van der Waals surface area contributed by atoms with Crippen LogP contribution in [-0.4, -0.2) is 42.2 Å². The van der Waals surface area contributed by atoms with Crippen molar-refractivity contribution in [2.45, 2.75) is 20.3 Å². The number of likely N-dealkylation sites (tertiary alicyclic amines) is 1. The van der Waals surface area contributed by atoms with Gasteiger partial charge in [0.1, 0.15) is 12.4 Å². The van der Waals surface area contributed by atoms with Gasteiger partial charge in [0.05, 0.1) is 5.56 Å². The molecule has 0 bridgehead atoms. The summed E-state index contributed by atoms with van der Waals surface area (Å²) in [6.07, 6.45) is 1.30. The van der Waals surface area contributed by atoms with E-state index in [0.717, 1.165) is 31.5 Å². The fourth-order valence-electron chi connectivity index (χ4n) is 2.99. The van der Waals surface area contributed by atoms with E-state index < -0.39 is 5.97 Å². The third-order valence-electron chi connectivity index (χ3n) is 3.70. The number of carbonyl (C=O) groups is 1. The summed E-state index contributed by atoms with van der Waals surface area (Å²) in [4.78, 5) is 13.3. The van der Waals surface area contributed by atoms with Crippen LogP contribution >= 0.6 is 0 Å². The molecule has 0 spiro atoms. The highest BCUT2D eigenvalue weighted by Gasteiger charge is 2.21. The van der Waals surface area contributed by atoms with E-state index >= 15 is 0 Å². The summed E-state index contributed by atoms with van der Waals surface area (Å²) in [5.41, 5.74) is 0.266. The Bertz CT molecular complexity index is 451. The van der Waals surface area contributed by atoms with E-state index in [-0.39, 0.29) is 5.56 Å². The van der Waals surface area contributed by atoms with Crippen LogP contribution in [-0.2, 0) is 0 Å². The number of nitrogens with zero attached hydrogens (tertiary/aromatic N) is 1. The lowest BCUT2D eigenvalue weighted by molar-refractivity contribution is 0.0696. The van der Waals surface area contributed by atoms with Crippen LogP contribution in [0.1, 0.15) is 30.6 Å². The molecule has 1 N–H and O–H groups in total. The maximum Gasteiger partial charge on any atom is 0.335 e. The molecule has 0 aromatic heterocycles. The first-order valence-corrected chi connectivity index (χ1v) is 7.23. The topological polar surface area (TPSA) is 49.8 Å². The van der Waals surface area contributed by atoms with Crippen molar-refractivity contribution >= 4 is 5.97 Å². The Morgan fingerprint density at radius 1 is 1.35 bits per heavy atom. The highest BCUT2D eigenvalue weighted by molar-refractivity contribution is 5.87. The molecule has 20 heavy (non-hydrogen) atoms. The Labute approximate surface area is 120 Å².